The molecule has 5 nitrogen and oxygen atoms in total. The van der Waals surface area contributed by atoms with Crippen LogP contribution in [0.25, 0.3) is 0 Å². The van der Waals surface area contributed by atoms with Gasteiger partial charge in [0, 0.05) is 29.3 Å². The van der Waals surface area contributed by atoms with Crippen molar-refractivity contribution in [2.75, 3.05) is 5.32 Å². The Hall–Kier alpha value is -1.95. The molecule has 0 radical (unpaired) electrons. The zero-order valence-electron chi connectivity index (χ0n) is 11.7. The average Bonchev–Trinajstić information content (AvgIpc) is 2.33. The van der Waals surface area contributed by atoms with E-state index in [1.165, 1.54) is 13.0 Å². The van der Waals surface area contributed by atoms with Crippen LogP contribution >= 0.6 is 0 Å². The minimum absolute atomic E-state index is 0.0268. The summed E-state index contributed by atoms with van der Waals surface area (Å²) in [5, 5.41) is 2.59. The molecule has 0 saturated carbocycles. The highest BCUT2D eigenvalue weighted by Crippen LogP contribution is 2.21. The van der Waals surface area contributed by atoms with Gasteiger partial charge >= 0.3 is 0 Å². The maximum atomic E-state index is 13.6. The van der Waals surface area contributed by atoms with Crippen LogP contribution in [0.2, 0.25) is 0 Å². The molecular formula is C14H20FN3O2. The van der Waals surface area contributed by atoms with Gasteiger partial charge in [0.15, 0.2) is 0 Å². The van der Waals surface area contributed by atoms with Crippen molar-refractivity contribution < 1.29 is 14.0 Å². The SMILES string of the molecule is Cc1c(F)cc(C(N)=O)cc1NC(=O)CCCC(C)N. The van der Waals surface area contributed by atoms with E-state index in [1.54, 1.807) is 0 Å². The average molecular weight is 281 g/mol. The van der Waals surface area contributed by atoms with Crippen molar-refractivity contribution in [2.45, 2.75) is 39.2 Å². The van der Waals surface area contributed by atoms with Crippen LogP contribution in [-0.2, 0) is 4.79 Å². The van der Waals surface area contributed by atoms with Gasteiger partial charge in [0.2, 0.25) is 11.8 Å². The van der Waals surface area contributed by atoms with E-state index in [0.717, 1.165) is 12.5 Å². The van der Waals surface area contributed by atoms with Crippen molar-refractivity contribution in [3.63, 3.8) is 0 Å². The van der Waals surface area contributed by atoms with E-state index in [4.69, 9.17) is 11.5 Å². The van der Waals surface area contributed by atoms with E-state index in [-0.39, 0.29) is 28.8 Å². The molecule has 0 aliphatic rings. The largest absolute Gasteiger partial charge is 0.366 e. The van der Waals surface area contributed by atoms with Crippen LogP contribution in [0.3, 0.4) is 0 Å². The van der Waals surface area contributed by atoms with Crippen LogP contribution in [0.1, 0.15) is 42.1 Å². The number of benzene rings is 1. The normalized spacial score (nSPS) is 12.0. The molecule has 0 aliphatic heterocycles. The summed E-state index contributed by atoms with van der Waals surface area (Å²) in [7, 11) is 0. The molecule has 5 N–H and O–H groups in total. The standard InChI is InChI=1S/C14H20FN3O2/c1-8(16)4-3-5-13(19)18-12-7-10(14(17)20)6-11(15)9(12)2/h6-8H,3-5,16H2,1-2H3,(H2,17,20)(H,18,19). The third-order valence-electron chi connectivity index (χ3n) is 2.97. The number of nitrogens with two attached hydrogens (primary N) is 2. The predicted octanol–water partition coefficient (Wildman–Crippen LogP) is 1.69. The van der Waals surface area contributed by atoms with Gasteiger partial charge in [-0.3, -0.25) is 9.59 Å². The van der Waals surface area contributed by atoms with Crippen LogP contribution in [0, 0.1) is 12.7 Å². The van der Waals surface area contributed by atoms with E-state index in [0.29, 0.717) is 12.8 Å². The third-order valence-corrected chi connectivity index (χ3v) is 2.97. The molecule has 6 heteroatoms. The lowest BCUT2D eigenvalue weighted by molar-refractivity contribution is -0.116. The molecule has 1 aromatic carbocycles. The number of carbonyl (C=O) groups is 2. The van der Waals surface area contributed by atoms with Gasteiger partial charge in [0.25, 0.3) is 0 Å². The lowest BCUT2D eigenvalue weighted by Gasteiger charge is -2.11. The van der Waals surface area contributed by atoms with Crippen molar-refractivity contribution in [3.8, 4) is 0 Å². The molecule has 2 amide bonds. The van der Waals surface area contributed by atoms with Crippen molar-refractivity contribution in [1.82, 2.24) is 0 Å². The Morgan fingerprint density at radius 3 is 2.60 bits per heavy atom. The summed E-state index contributed by atoms with van der Waals surface area (Å²) in [4.78, 5) is 22.8. The minimum atomic E-state index is -0.739. The summed E-state index contributed by atoms with van der Waals surface area (Å²) >= 11 is 0. The quantitative estimate of drug-likeness (QED) is 0.740. The number of anilines is 1. The zero-order chi connectivity index (χ0) is 15.3. The molecule has 1 aromatic rings. The van der Waals surface area contributed by atoms with E-state index < -0.39 is 11.7 Å². The lowest BCUT2D eigenvalue weighted by Crippen LogP contribution is -2.18. The van der Waals surface area contributed by atoms with Crippen molar-refractivity contribution in [1.29, 1.82) is 0 Å². The Balaban J connectivity index is 2.76. The summed E-state index contributed by atoms with van der Waals surface area (Å²) < 4.78 is 13.6. The first-order chi connectivity index (χ1) is 9.31. The maximum absolute atomic E-state index is 13.6. The van der Waals surface area contributed by atoms with E-state index in [2.05, 4.69) is 5.32 Å². The Kier molecular flexibility index (Phi) is 5.64. The van der Waals surface area contributed by atoms with Gasteiger partial charge in [-0.25, -0.2) is 4.39 Å². The third kappa shape index (κ3) is 4.62. The number of hydrogen-bond acceptors (Lipinski definition) is 3. The summed E-state index contributed by atoms with van der Waals surface area (Å²) in [5.74, 6) is -1.56. The lowest BCUT2D eigenvalue weighted by atomic mass is 10.1. The molecule has 0 heterocycles. The monoisotopic (exact) mass is 281 g/mol. The number of carbonyl (C=O) groups excluding carboxylic acids is 2. The first-order valence-corrected chi connectivity index (χ1v) is 6.46. The molecule has 0 aromatic heterocycles. The van der Waals surface area contributed by atoms with Gasteiger partial charge in [-0.15, -0.1) is 0 Å². The highest BCUT2D eigenvalue weighted by atomic mass is 19.1. The molecule has 1 atom stereocenters. The second-order valence-electron chi connectivity index (χ2n) is 4.91. The Morgan fingerprint density at radius 1 is 1.40 bits per heavy atom. The topological polar surface area (TPSA) is 98.2 Å². The van der Waals surface area contributed by atoms with Gasteiger partial charge in [-0.05, 0) is 38.8 Å². The number of amides is 2. The molecule has 1 rings (SSSR count). The van der Waals surface area contributed by atoms with Crippen LogP contribution in [-0.4, -0.2) is 17.9 Å². The number of primary amides is 1. The summed E-state index contributed by atoms with van der Waals surface area (Å²) in [6.45, 7) is 3.39. The second kappa shape index (κ2) is 7.00. The first-order valence-electron chi connectivity index (χ1n) is 6.46. The predicted molar refractivity (Wildman–Crippen MR) is 75.8 cm³/mol. The zero-order valence-corrected chi connectivity index (χ0v) is 11.7. The van der Waals surface area contributed by atoms with Gasteiger partial charge in [0.1, 0.15) is 5.82 Å². The first kappa shape index (κ1) is 16.1. The fourth-order valence-corrected chi connectivity index (χ4v) is 1.75. The van der Waals surface area contributed by atoms with E-state index in [9.17, 15) is 14.0 Å². The van der Waals surface area contributed by atoms with Gasteiger partial charge in [-0.2, -0.15) is 0 Å². The minimum Gasteiger partial charge on any atom is -0.366 e. The Bertz CT molecular complexity index is 515. The van der Waals surface area contributed by atoms with Crippen molar-refractivity contribution in [3.05, 3.63) is 29.1 Å². The number of rotatable bonds is 6. The van der Waals surface area contributed by atoms with Gasteiger partial charge in [-0.1, -0.05) is 0 Å². The molecule has 0 fully saturated rings. The molecule has 0 spiro atoms. The maximum Gasteiger partial charge on any atom is 0.248 e. The number of halogens is 1. The van der Waals surface area contributed by atoms with Crippen molar-refractivity contribution >= 4 is 17.5 Å². The van der Waals surface area contributed by atoms with Crippen LogP contribution in [0.15, 0.2) is 12.1 Å². The summed E-state index contributed by atoms with van der Waals surface area (Å²) in [6, 6.07) is 2.48. The Morgan fingerprint density at radius 2 is 2.05 bits per heavy atom. The highest BCUT2D eigenvalue weighted by molar-refractivity contribution is 5.97. The van der Waals surface area contributed by atoms with E-state index >= 15 is 0 Å². The molecular weight excluding hydrogens is 261 g/mol. The van der Waals surface area contributed by atoms with Gasteiger partial charge < -0.3 is 16.8 Å². The molecule has 20 heavy (non-hydrogen) atoms. The van der Waals surface area contributed by atoms with Crippen LogP contribution in [0.4, 0.5) is 10.1 Å². The summed E-state index contributed by atoms with van der Waals surface area (Å²) in [5.41, 5.74) is 11.3. The second-order valence-corrected chi connectivity index (χ2v) is 4.91. The Labute approximate surface area is 117 Å². The fourth-order valence-electron chi connectivity index (χ4n) is 1.75. The smallest absolute Gasteiger partial charge is 0.248 e. The molecule has 0 aliphatic carbocycles. The van der Waals surface area contributed by atoms with Gasteiger partial charge in [0.05, 0.1) is 0 Å². The molecule has 110 valence electrons. The van der Waals surface area contributed by atoms with Crippen LogP contribution in [0.5, 0.6) is 0 Å². The summed E-state index contributed by atoms with van der Waals surface area (Å²) in [6.07, 6.45) is 1.69. The molecule has 0 bridgehead atoms. The number of nitrogens with one attached hydrogen (secondary N) is 1. The fraction of sp³-hybridized carbons (Fsp3) is 0.429. The number of hydrogen-bond donors (Lipinski definition) is 3. The molecule has 1 unspecified atom stereocenters. The van der Waals surface area contributed by atoms with E-state index in [1.807, 2.05) is 6.92 Å². The van der Waals surface area contributed by atoms with Crippen LogP contribution < -0.4 is 16.8 Å². The molecule has 0 saturated heterocycles. The van der Waals surface area contributed by atoms with Crippen molar-refractivity contribution in [2.24, 2.45) is 11.5 Å². The highest BCUT2D eigenvalue weighted by Gasteiger charge is 2.12.